The maximum absolute atomic E-state index is 12.8. The van der Waals surface area contributed by atoms with Gasteiger partial charge in [0.15, 0.2) is 6.29 Å². The van der Waals surface area contributed by atoms with E-state index in [4.69, 9.17) is 0 Å². The molecule has 1 aromatic carbocycles. The quantitative estimate of drug-likeness (QED) is 0.815. The monoisotopic (exact) mass is 313 g/mol. The van der Waals surface area contributed by atoms with Gasteiger partial charge < -0.3 is 4.90 Å². The third-order valence-corrected chi connectivity index (χ3v) is 3.23. The summed E-state index contributed by atoms with van der Waals surface area (Å²) in [5.41, 5.74) is -1.49. The van der Waals surface area contributed by atoms with Gasteiger partial charge in [-0.25, -0.2) is 4.79 Å². The van der Waals surface area contributed by atoms with Gasteiger partial charge in [-0.2, -0.15) is 13.2 Å². The van der Waals surface area contributed by atoms with Gasteiger partial charge in [-0.05, 0) is 18.2 Å². The van der Waals surface area contributed by atoms with Crippen molar-refractivity contribution in [2.45, 2.75) is 6.18 Å². The van der Waals surface area contributed by atoms with Gasteiger partial charge in [-0.1, -0.05) is 6.07 Å². The molecule has 0 atom stereocenters. The number of hydrogen-bond acceptors (Lipinski definition) is 3. The maximum Gasteiger partial charge on any atom is 0.416 e. The summed E-state index contributed by atoms with van der Waals surface area (Å²) in [7, 11) is 4.73. The van der Waals surface area contributed by atoms with Crippen LogP contribution in [0.2, 0.25) is 0 Å². The van der Waals surface area contributed by atoms with Crippen molar-refractivity contribution in [1.82, 2.24) is 9.13 Å². The van der Waals surface area contributed by atoms with E-state index in [1.807, 2.05) is 0 Å². The van der Waals surface area contributed by atoms with Crippen LogP contribution in [0.1, 0.15) is 16.1 Å². The van der Waals surface area contributed by atoms with Gasteiger partial charge >= 0.3 is 11.9 Å². The molecule has 0 fully saturated rings. The number of hydrogen-bond donors (Lipinski definition) is 0. The van der Waals surface area contributed by atoms with Gasteiger partial charge in [0.1, 0.15) is 11.5 Å². The second-order valence-corrected chi connectivity index (χ2v) is 4.95. The van der Waals surface area contributed by atoms with Crippen molar-refractivity contribution >= 4 is 12.1 Å². The lowest BCUT2D eigenvalue weighted by atomic mass is 10.2. The lowest BCUT2D eigenvalue weighted by Gasteiger charge is -2.13. The van der Waals surface area contributed by atoms with Crippen LogP contribution in [0.5, 0.6) is 0 Å². The van der Waals surface area contributed by atoms with Crippen molar-refractivity contribution in [1.29, 1.82) is 0 Å². The molecule has 0 aliphatic heterocycles. The number of alkyl halides is 3. The number of rotatable bonds is 3. The highest BCUT2D eigenvalue weighted by molar-refractivity contribution is 5.82. The molecular weight excluding hydrogens is 299 g/mol. The molecule has 0 spiro atoms. The standard InChI is InChI=1S/C14H14F3N3O2/c1-18(2)12-11(8-21)20(13(22)19(12)3)10-6-4-5-9(7-10)14(15,16)17/h4-8H,1-3H3. The summed E-state index contributed by atoms with van der Waals surface area (Å²) in [6, 6.07) is 4.29. The summed E-state index contributed by atoms with van der Waals surface area (Å²) in [4.78, 5) is 25.2. The lowest BCUT2D eigenvalue weighted by Crippen LogP contribution is -2.23. The highest BCUT2D eigenvalue weighted by atomic mass is 19.4. The number of nitrogens with zero attached hydrogens (tertiary/aromatic N) is 3. The fourth-order valence-electron chi connectivity index (χ4n) is 2.32. The summed E-state index contributed by atoms with van der Waals surface area (Å²) in [5, 5.41) is 0. The van der Waals surface area contributed by atoms with E-state index >= 15 is 0 Å². The minimum Gasteiger partial charge on any atom is -0.362 e. The number of aromatic nitrogens is 2. The number of aldehydes is 1. The van der Waals surface area contributed by atoms with Gasteiger partial charge in [0.05, 0.1) is 11.3 Å². The number of carbonyl (C=O) groups excluding carboxylic acids is 1. The summed E-state index contributed by atoms with van der Waals surface area (Å²) in [6.07, 6.45) is -4.07. The van der Waals surface area contributed by atoms with Gasteiger partial charge in [0.2, 0.25) is 0 Å². The lowest BCUT2D eigenvalue weighted by molar-refractivity contribution is -0.137. The normalized spacial score (nSPS) is 11.5. The number of imidazole rings is 1. The first-order valence-electron chi connectivity index (χ1n) is 6.30. The zero-order valence-electron chi connectivity index (χ0n) is 12.2. The summed E-state index contributed by atoms with van der Waals surface area (Å²) in [6.45, 7) is 0. The molecule has 8 heteroatoms. The first kappa shape index (κ1) is 15.9. The molecule has 0 aliphatic rings. The molecule has 1 heterocycles. The van der Waals surface area contributed by atoms with E-state index in [-0.39, 0.29) is 11.4 Å². The molecule has 0 unspecified atom stereocenters. The molecule has 5 nitrogen and oxygen atoms in total. The van der Waals surface area contributed by atoms with Crippen LogP contribution >= 0.6 is 0 Å². The molecule has 0 saturated heterocycles. The average Bonchev–Trinajstić information content (AvgIpc) is 2.70. The van der Waals surface area contributed by atoms with Crippen LogP contribution in [0.4, 0.5) is 19.0 Å². The van der Waals surface area contributed by atoms with Crippen molar-refractivity contribution in [2.24, 2.45) is 7.05 Å². The van der Waals surface area contributed by atoms with E-state index in [0.717, 1.165) is 16.7 Å². The molecule has 1 aromatic heterocycles. The van der Waals surface area contributed by atoms with E-state index in [1.54, 1.807) is 19.0 Å². The van der Waals surface area contributed by atoms with Gasteiger partial charge in [0.25, 0.3) is 0 Å². The zero-order chi connectivity index (χ0) is 16.7. The minimum absolute atomic E-state index is 0.00294. The first-order chi connectivity index (χ1) is 10.2. The maximum atomic E-state index is 12.8. The van der Waals surface area contributed by atoms with Crippen molar-refractivity contribution < 1.29 is 18.0 Å². The SMILES string of the molecule is CN(C)c1c(C=O)n(-c2cccc(C(F)(F)F)c2)c(=O)n1C. The molecular formula is C14H14F3N3O2. The molecule has 0 bridgehead atoms. The molecule has 0 amide bonds. The predicted molar refractivity (Wildman–Crippen MR) is 75.7 cm³/mol. The Balaban J connectivity index is 2.76. The van der Waals surface area contributed by atoms with Gasteiger partial charge in [-0.3, -0.25) is 13.9 Å². The van der Waals surface area contributed by atoms with E-state index < -0.39 is 17.4 Å². The zero-order valence-corrected chi connectivity index (χ0v) is 12.2. The Hall–Kier alpha value is -2.51. The smallest absolute Gasteiger partial charge is 0.362 e. The topological polar surface area (TPSA) is 47.2 Å². The number of halogens is 3. The Morgan fingerprint density at radius 3 is 2.36 bits per heavy atom. The third kappa shape index (κ3) is 2.51. The summed E-state index contributed by atoms with van der Waals surface area (Å²) >= 11 is 0. The number of carbonyl (C=O) groups is 1. The largest absolute Gasteiger partial charge is 0.416 e. The first-order valence-corrected chi connectivity index (χ1v) is 6.30. The molecule has 0 aliphatic carbocycles. The Bertz CT molecular complexity index is 773. The minimum atomic E-state index is -4.53. The molecule has 2 rings (SSSR count). The summed E-state index contributed by atoms with van der Waals surface area (Å²) < 4.78 is 40.6. The Labute approximate surface area is 124 Å². The van der Waals surface area contributed by atoms with Crippen LogP contribution in [0.25, 0.3) is 5.69 Å². The van der Waals surface area contributed by atoms with Crippen LogP contribution in [-0.2, 0) is 13.2 Å². The van der Waals surface area contributed by atoms with Crippen molar-refractivity contribution in [3.05, 3.63) is 46.0 Å². The van der Waals surface area contributed by atoms with Gasteiger partial charge in [0, 0.05) is 21.1 Å². The third-order valence-electron chi connectivity index (χ3n) is 3.23. The van der Waals surface area contributed by atoms with Crippen molar-refractivity contribution in [2.75, 3.05) is 19.0 Å². The van der Waals surface area contributed by atoms with Crippen molar-refractivity contribution in [3.8, 4) is 5.69 Å². The highest BCUT2D eigenvalue weighted by Gasteiger charge is 2.31. The predicted octanol–water partition coefficient (Wildman–Crippen LogP) is 2.07. The molecule has 0 saturated carbocycles. The van der Waals surface area contributed by atoms with E-state index in [9.17, 15) is 22.8 Å². The average molecular weight is 313 g/mol. The number of anilines is 1. The van der Waals surface area contributed by atoms with E-state index in [2.05, 4.69) is 0 Å². The van der Waals surface area contributed by atoms with Crippen LogP contribution in [-0.4, -0.2) is 29.5 Å². The fourth-order valence-corrected chi connectivity index (χ4v) is 2.32. The Kier molecular flexibility index (Phi) is 3.87. The highest BCUT2D eigenvalue weighted by Crippen LogP contribution is 2.30. The Morgan fingerprint density at radius 1 is 1.23 bits per heavy atom. The molecule has 2 aromatic rings. The second-order valence-electron chi connectivity index (χ2n) is 4.95. The van der Waals surface area contributed by atoms with Crippen LogP contribution in [0, 0.1) is 0 Å². The van der Waals surface area contributed by atoms with E-state index in [1.165, 1.54) is 23.7 Å². The number of benzene rings is 1. The molecule has 0 N–H and O–H groups in total. The van der Waals surface area contributed by atoms with Crippen molar-refractivity contribution in [3.63, 3.8) is 0 Å². The van der Waals surface area contributed by atoms with Gasteiger partial charge in [-0.15, -0.1) is 0 Å². The van der Waals surface area contributed by atoms with Crippen LogP contribution < -0.4 is 10.6 Å². The second kappa shape index (κ2) is 5.36. The van der Waals surface area contributed by atoms with E-state index in [0.29, 0.717) is 12.1 Å². The molecule has 0 radical (unpaired) electrons. The molecule has 118 valence electrons. The fraction of sp³-hybridized carbons (Fsp3) is 0.286. The van der Waals surface area contributed by atoms with Crippen LogP contribution in [0.3, 0.4) is 0 Å². The summed E-state index contributed by atoms with van der Waals surface area (Å²) in [5.74, 6) is 0.317. The van der Waals surface area contributed by atoms with Crippen LogP contribution in [0.15, 0.2) is 29.1 Å². The molecule has 22 heavy (non-hydrogen) atoms. The Morgan fingerprint density at radius 2 is 1.86 bits per heavy atom.